The van der Waals surface area contributed by atoms with Gasteiger partial charge in [-0.3, -0.25) is 4.79 Å². The first-order valence-electron chi connectivity index (χ1n) is 4.58. The number of allylic oxidation sites excluding steroid dienone is 1. The molecule has 0 aliphatic heterocycles. The van der Waals surface area contributed by atoms with Crippen molar-refractivity contribution in [1.29, 1.82) is 0 Å². The highest BCUT2D eigenvalue weighted by atomic mass is 16.1. The van der Waals surface area contributed by atoms with Crippen molar-refractivity contribution in [2.45, 2.75) is 19.8 Å². The Hall–Kier alpha value is -1.37. The van der Waals surface area contributed by atoms with E-state index in [-0.39, 0.29) is 5.78 Å². The average Bonchev–Trinajstić information content (AvgIpc) is 2.17. The molecule has 1 aromatic carbocycles. The minimum Gasteiger partial charge on any atom is -0.294 e. The number of hydrogen-bond donors (Lipinski definition) is 0. The van der Waals surface area contributed by atoms with Crippen molar-refractivity contribution in [3.05, 3.63) is 41.0 Å². The van der Waals surface area contributed by atoms with E-state index in [0.29, 0.717) is 0 Å². The maximum absolute atomic E-state index is 11.3. The van der Waals surface area contributed by atoms with Crippen LogP contribution >= 0.6 is 0 Å². The van der Waals surface area contributed by atoms with E-state index < -0.39 is 0 Å². The van der Waals surface area contributed by atoms with Crippen LogP contribution in [0, 0.1) is 0 Å². The monoisotopic (exact) mass is 172 g/mol. The molecule has 0 radical (unpaired) electrons. The molecule has 0 fully saturated rings. The Kier molecular flexibility index (Phi) is 2.01. The zero-order chi connectivity index (χ0) is 9.26. The van der Waals surface area contributed by atoms with Gasteiger partial charge in [0.05, 0.1) is 0 Å². The number of rotatable bonds is 1. The first-order chi connectivity index (χ1) is 6.29. The van der Waals surface area contributed by atoms with Crippen LogP contribution in [0.15, 0.2) is 24.3 Å². The highest BCUT2D eigenvalue weighted by Crippen LogP contribution is 2.22. The Bertz CT molecular complexity index is 375. The summed E-state index contributed by atoms with van der Waals surface area (Å²) in [6.45, 7) is 1.62. The number of carbonyl (C=O) groups is 1. The topological polar surface area (TPSA) is 17.1 Å². The quantitative estimate of drug-likeness (QED) is 0.595. The molecular weight excluding hydrogens is 160 g/mol. The third-order valence-corrected chi connectivity index (χ3v) is 2.44. The zero-order valence-corrected chi connectivity index (χ0v) is 7.71. The lowest BCUT2D eigenvalue weighted by Crippen LogP contribution is -2.02. The summed E-state index contributed by atoms with van der Waals surface area (Å²) in [5.41, 5.74) is 3.28. The van der Waals surface area contributed by atoms with Crippen LogP contribution in [0.4, 0.5) is 0 Å². The highest BCUT2D eigenvalue weighted by molar-refractivity contribution is 5.98. The zero-order valence-electron chi connectivity index (χ0n) is 7.71. The summed E-state index contributed by atoms with van der Waals surface area (Å²) in [5, 5.41) is 0. The van der Waals surface area contributed by atoms with Crippen molar-refractivity contribution >= 4 is 11.9 Å². The first-order valence-corrected chi connectivity index (χ1v) is 4.58. The number of fused-ring (bicyclic) bond motifs is 1. The molecular formula is C12H12O. The summed E-state index contributed by atoms with van der Waals surface area (Å²) in [5.74, 6) is 0.156. The Labute approximate surface area is 78.1 Å². The number of aryl methyl sites for hydroxylation is 1. The molecule has 0 spiro atoms. The van der Waals surface area contributed by atoms with Gasteiger partial charge in [-0.05, 0) is 30.9 Å². The molecule has 1 aliphatic carbocycles. The Morgan fingerprint density at radius 2 is 2.23 bits per heavy atom. The summed E-state index contributed by atoms with van der Waals surface area (Å²) in [6.07, 6.45) is 6.35. The summed E-state index contributed by atoms with van der Waals surface area (Å²) in [4.78, 5) is 11.3. The molecule has 13 heavy (non-hydrogen) atoms. The van der Waals surface area contributed by atoms with Crippen molar-refractivity contribution in [3.8, 4) is 0 Å². The summed E-state index contributed by atoms with van der Waals surface area (Å²) >= 11 is 0. The van der Waals surface area contributed by atoms with Crippen LogP contribution < -0.4 is 0 Å². The minimum absolute atomic E-state index is 0.156. The van der Waals surface area contributed by atoms with Gasteiger partial charge < -0.3 is 0 Å². The summed E-state index contributed by atoms with van der Waals surface area (Å²) in [6, 6.07) is 5.97. The maximum Gasteiger partial charge on any atom is 0.160 e. The highest BCUT2D eigenvalue weighted by Gasteiger charge is 2.10. The van der Waals surface area contributed by atoms with E-state index in [1.165, 1.54) is 5.56 Å². The molecule has 66 valence electrons. The number of carbonyl (C=O) groups excluding carboxylic acids is 1. The predicted molar refractivity (Wildman–Crippen MR) is 53.8 cm³/mol. The standard InChI is InChI=1S/C12H12O/c1-9(13)11-8-4-6-10-5-2-3-7-12(10)11/h3-4,6-8H,2,5H2,1H3. The lowest BCUT2D eigenvalue weighted by molar-refractivity contribution is 0.101. The fourth-order valence-corrected chi connectivity index (χ4v) is 1.77. The number of Topliss-reactive ketones (excluding diaryl/α,β-unsaturated/α-hetero) is 1. The molecule has 2 rings (SSSR count). The fourth-order valence-electron chi connectivity index (χ4n) is 1.77. The van der Waals surface area contributed by atoms with E-state index in [4.69, 9.17) is 0 Å². The lowest BCUT2D eigenvalue weighted by atomic mass is 9.92. The molecule has 1 aromatic rings. The van der Waals surface area contributed by atoms with Gasteiger partial charge >= 0.3 is 0 Å². The largest absolute Gasteiger partial charge is 0.294 e. The molecule has 0 atom stereocenters. The van der Waals surface area contributed by atoms with Crippen LogP contribution in [-0.4, -0.2) is 5.78 Å². The molecule has 0 unspecified atom stereocenters. The van der Waals surface area contributed by atoms with Gasteiger partial charge in [0, 0.05) is 5.56 Å². The van der Waals surface area contributed by atoms with Gasteiger partial charge in [0.2, 0.25) is 0 Å². The molecule has 1 aliphatic rings. The molecule has 1 heteroatoms. The van der Waals surface area contributed by atoms with Gasteiger partial charge in [-0.2, -0.15) is 0 Å². The lowest BCUT2D eigenvalue weighted by Gasteiger charge is -2.12. The van der Waals surface area contributed by atoms with Crippen LogP contribution in [0.1, 0.15) is 34.8 Å². The average molecular weight is 172 g/mol. The maximum atomic E-state index is 11.3. The number of benzene rings is 1. The predicted octanol–water partition coefficient (Wildman–Crippen LogP) is 2.85. The molecule has 0 aromatic heterocycles. The van der Waals surface area contributed by atoms with Crippen LogP contribution in [0.3, 0.4) is 0 Å². The van der Waals surface area contributed by atoms with Crippen LogP contribution in [-0.2, 0) is 6.42 Å². The third kappa shape index (κ3) is 1.42. The van der Waals surface area contributed by atoms with Crippen molar-refractivity contribution < 1.29 is 4.79 Å². The second-order valence-electron chi connectivity index (χ2n) is 3.38. The van der Waals surface area contributed by atoms with Gasteiger partial charge in [-0.15, -0.1) is 0 Å². The van der Waals surface area contributed by atoms with Gasteiger partial charge in [0.15, 0.2) is 5.78 Å². The Balaban J connectivity index is 2.60. The van der Waals surface area contributed by atoms with Crippen LogP contribution in [0.2, 0.25) is 0 Å². The Morgan fingerprint density at radius 3 is 3.00 bits per heavy atom. The molecule has 0 saturated heterocycles. The van der Waals surface area contributed by atoms with Gasteiger partial charge in [-0.25, -0.2) is 0 Å². The number of ketones is 1. The minimum atomic E-state index is 0.156. The normalized spacial score (nSPS) is 13.9. The molecule has 0 amide bonds. The second-order valence-corrected chi connectivity index (χ2v) is 3.38. The second kappa shape index (κ2) is 3.17. The molecule has 1 nitrogen and oxygen atoms in total. The van der Waals surface area contributed by atoms with E-state index >= 15 is 0 Å². The van der Waals surface area contributed by atoms with Gasteiger partial charge in [-0.1, -0.05) is 30.4 Å². The van der Waals surface area contributed by atoms with Crippen molar-refractivity contribution in [1.82, 2.24) is 0 Å². The van der Waals surface area contributed by atoms with E-state index in [9.17, 15) is 4.79 Å². The van der Waals surface area contributed by atoms with Crippen molar-refractivity contribution in [2.24, 2.45) is 0 Å². The van der Waals surface area contributed by atoms with Gasteiger partial charge in [0.25, 0.3) is 0 Å². The molecule has 0 heterocycles. The summed E-state index contributed by atoms with van der Waals surface area (Å²) in [7, 11) is 0. The van der Waals surface area contributed by atoms with E-state index in [0.717, 1.165) is 24.0 Å². The third-order valence-electron chi connectivity index (χ3n) is 2.44. The first kappa shape index (κ1) is 8.24. The van der Waals surface area contributed by atoms with Crippen molar-refractivity contribution in [2.75, 3.05) is 0 Å². The fraction of sp³-hybridized carbons (Fsp3) is 0.250. The number of hydrogen-bond acceptors (Lipinski definition) is 1. The van der Waals surface area contributed by atoms with Gasteiger partial charge in [0.1, 0.15) is 0 Å². The van der Waals surface area contributed by atoms with Crippen LogP contribution in [0.25, 0.3) is 6.08 Å². The van der Waals surface area contributed by atoms with E-state index in [2.05, 4.69) is 18.2 Å². The smallest absolute Gasteiger partial charge is 0.160 e. The molecule has 0 saturated carbocycles. The summed E-state index contributed by atoms with van der Waals surface area (Å²) < 4.78 is 0. The van der Waals surface area contributed by atoms with E-state index in [1.54, 1.807) is 6.92 Å². The Morgan fingerprint density at radius 1 is 1.38 bits per heavy atom. The molecule has 0 bridgehead atoms. The van der Waals surface area contributed by atoms with Crippen LogP contribution in [0.5, 0.6) is 0 Å². The molecule has 0 N–H and O–H groups in total. The SMILES string of the molecule is CC(=O)c1cccc2c1C=CCC2. The van der Waals surface area contributed by atoms with Crippen molar-refractivity contribution in [3.63, 3.8) is 0 Å². The van der Waals surface area contributed by atoms with E-state index in [1.807, 2.05) is 12.1 Å².